The Bertz CT molecular complexity index is 226. The molecule has 0 aliphatic carbocycles. The van der Waals surface area contributed by atoms with Crippen LogP contribution in [0.4, 0.5) is 0 Å². The first-order chi connectivity index (χ1) is 7.23. The van der Waals surface area contributed by atoms with Crippen molar-refractivity contribution in [3.05, 3.63) is 0 Å². The first-order valence-electron chi connectivity index (χ1n) is 6.06. The molecular formula is C12H27N3O. The summed E-state index contributed by atoms with van der Waals surface area (Å²) in [6.07, 6.45) is 0. The lowest BCUT2D eigenvalue weighted by Gasteiger charge is -2.39. The van der Waals surface area contributed by atoms with Gasteiger partial charge in [-0.3, -0.25) is 4.90 Å². The molecule has 96 valence electrons. The Morgan fingerprint density at radius 2 is 1.88 bits per heavy atom. The van der Waals surface area contributed by atoms with Gasteiger partial charge in [0.25, 0.3) is 0 Å². The van der Waals surface area contributed by atoms with E-state index in [-0.39, 0.29) is 5.54 Å². The lowest BCUT2D eigenvalue weighted by Crippen LogP contribution is -2.52. The third-order valence-corrected chi connectivity index (χ3v) is 3.27. The van der Waals surface area contributed by atoms with Crippen LogP contribution in [0.3, 0.4) is 0 Å². The highest BCUT2D eigenvalue weighted by Crippen LogP contribution is 2.20. The van der Waals surface area contributed by atoms with E-state index in [0.29, 0.717) is 6.54 Å². The molecule has 0 aromatic carbocycles. The van der Waals surface area contributed by atoms with E-state index in [1.54, 1.807) is 0 Å². The Balaban J connectivity index is 2.66. The number of β-amino-alcohol motifs (C(OH)–C–C–N with tert-alkyl or cyclic N) is 1. The third-order valence-electron chi connectivity index (χ3n) is 3.27. The van der Waals surface area contributed by atoms with Gasteiger partial charge in [-0.1, -0.05) is 0 Å². The zero-order valence-corrected chi connectivity index (χ0v) is 11.4. The predicted molar refractivity (Wildman–Crippen MR) is 67.7 cm³/mol. The maximum absolute atomic E-state index is 10.2. The molecule has 0 radical (unpaired) electrons. The first kappa shape index (κ1) is 13.9. The van der Waals surface area contributed by atoms with Crippen molar-refractivity contribution < 1.29 is 5.11 Å². The van der Waals surface area contributed by atoms with Gasteiger partial charge in [0.05, 0.1) is 5.60 Å². The summed E-state index contributed by atoms with van der Waals surface area (Å²) >= 11 is 0. The van der Waals surface area contributed by atoms with Gasteiger partial charge < -0.3 is 15.3 Å². The minimum atomic E-state index is -0.625. The summed E-state index contributed by atoms with van der Waals surface area (Å²) in [4.78, 5) is 4.57. The van der Waals surface area contributed by atoms with Gasteiger partial charge in [-0.05, 0) is 34.9 Å². The van der Waals surface area contributed by atoms with Crippen molar-refractivity contribution >= 4 is 0 Å². The van der Waals surface area contributed by atoms with Crippen molar-refractivity contribution in [3.63, 3.8) is 0 Å². The molecule has 1 saturated heterocycles. The molecule has 1 rings (SSSR count). The van der Waals surface area contributed by atoms with Crippen LogP contribution in [0, 0.1) is 0 Å². The van der Waals surface area contributed by atoms with Crippen molar-refractivity contribution in [3.8, 4) is 0 Å². The van der Waals surface area contributed by atoms with Crippen molar-refractivity contribution in [2.24, 2.45) is 0 Å². The largest absolute Gasteiger partial charge is 0.388 e. The van der Waals surface area contributed by atoms with E-state index < -0.39 is 5.60 Å². The molecule has 0 bridgehead atoms. The zero-order valence-electron chi connectivity index (χ0n) is 11.4. The molecule has 4 nitrogen and oxygen atoms in total. The molecular weight excluding hydrogens is 202 g/mol. The molecule has 1 unspecified atom stereocenters. The summed E-state index contributed by atoms with van der Waals surface area (Å²) in [5.41, 5.74) is -0.517. The molecule has 0 amide bonds. The van der Waals surface area contributed by atoms with Crippen LogP contribution in [0.15, 0.2) is 0 Å². The quantitative estimate of drug-likeness (QED) is 0.713. The number of hydrogen-bond donors (Lipinski definition) is 2. The molecule has 0 spiro atoms. The summed E-state index contributed by atoms with van der Waals surface area (Å²) in [6.45, 7) is 10.7. The maximum Gasteiger partial charge on any atom is 0.0869 e. The highest BCUT2D eigenvalue weighted by Gasteiger charge is 2.35. The molecule has 1 aliphatic heterocycles. The number of aliphatic hydroxyl groups is 1. The molecule has 1 heterocycles. The minimum absolute atomic E-state index is 0.108. The van der Waals surface area contributed by atoms with Gasteiger partial charge in [0, 0.05) is 38.3 Å². The van der Waals surface area contributed by atoms with Crippen LogP contribution < -0.4 is 5.32 Å². The number of nitrogens with one attached hydrogen (secondary N) is 1. The van der Waals surface area contributed by atoms with Gasteiger partial charge in [-0.15, -0.1) is 0 Å². The highest BCUT2D eigenvalue weighted by atomic mass is 16.3. The van der Waals surface area contributed by atoms with E-state index in [9.17, 15) is 5.11 Å². The summed E-state index contributed by atoms with van der Waals surface area (Å²) in [5.74, 6) is 0. The van der Waals surface area contributed by atoms with Crippen LogP contribution in [0.2, 0.25) is 0 Å². The monoisotopic (exact) mass is 229 g/mol. The second kappa shape index (κ2) is 5.00. The summed E-state index contributed by atoms with van der Waals surface area (Å²) in [5, 5.41) is 13.5. The van der Waals surface area contributed by atoms with Crippen LogP contribution in [-0.2, 0) is 0 Å². The van der Waals surface area contributed by atoms with Crippen LogP contribution in [-0.4, -0.2) is 72.9 Å². The molecule has 1 atom stereocenters. The Hall–Kier alpha value is -0.160. The molecule has 4 heteroatoms. The number of hydrogen-bond acceptors (Lipinski definition) is 4. The van der Waals surface area contributed by atoms with Crippen LogP contribution in [0.25, 0.3) is 0 Å². The molecule has 0 aromatic heterocycles. The normalized spacial score (nSPS) is 31.7. The maximum atomic E-state index is 10.2. The van der Waals surface area contributed by atoms with Gasteiger partial charge >= 0.3 is 0 Å². The number of nitrogens with zero attached hydrogens (tertiary/aromatic N) is 2. The summed E-state index contributed by atoms with van der Waals surface area (Å²) < 4.78 is 0. The second-order valence-corrected chi connectivity index (χ2v) is 6.14. The van der Waals surface area contributed by atoms with Crippen LogP contribution in [0.1, 0.15) is 20.8 Å². The molecule has 1 fully saturated rings. The van der Waals surface area contributed by atoms with E-state index in [1.807, 2.05) is 6.92 Å². The van der Waals surface area contributed by atoms with E-state index in [2.05, 4.69) is 43.1 Å². The van der Waals surface area contributed by atoms with Crippen molar-refractivity contribution in [2.45, 2.75) is 31.9 Å². The van der Waals surface area contributed by atoms with E-state index in [0.717, 1.165) is 26.2 Å². The number of rotatable bonds is 3. The van der Waals surface area contributed by atoms with Crippen molar-refractivity contribution in [2.75, 3.05) is 46.8 Å². The van der Waals surface area contributed by atoms with E-state index in [1.165, 1.54) is 0 Å². The summed E-state index contributed by atoms with van der Waals surface area (Å²) in [7, 11) is 4.17. The fraction of sp³-hybridized carbons (Fsp3) is 1.00. The van der Waals surface area contributed by atoms with Crippen molar-refractivity contribution in [1.82, 2.24) is 15.1 Å². The Morgan fingerprint density at radius 3 is 2.44 bits per heavy atom. The predicted octanol–water partition coefficient (Wildman–Crippen LogP) is -0.0172. The number of likely N-dealkylation sites (N-methyl/N-ethyl adjacent to an activating group) is 1. The fourth-order valence-electron chi connectivity index (χ4n) is 2.13. The van der Waals surface area contributed by atoms with Crippen LogP contribution >= 0.6 is 0 Å². The highest BCUT2D eigenvalue weighted by molar-refractivity contribution is 4.94. The lowest BCUT2D eigenvalue weighted by molar-refractivity contribution is 0.00796. The zero-order chi connectivity index (χ0) is 12.4. The molecule has 1 aliphatic rings. The minimum Gasteiger partial charge on any atom is -0.388 e. The van der Waals surface area contributed by atoms with Gasteiger partial charge in [0.1, 0.15) is 0 Å². The second-order valence-electron chi connectivity index (χ2n) is 6.14. The molecule has 0 aromatic rings. The topological polar surface area (TPSA) is 38.7 Å². The lowest BCUT2D eigenvalue weighted by atomic mass is 10.0. The standard InChI is InChI=1S/C12H27N3O/c1-11(2)8-13-9-12(3,16)10-15(11)7-6-14(4)5/h13,16H,6-10H2,1-5H3. The average Bonchev–Trinajstić information content (AvgIpc) is 2.19. The Kier molecular flexibility index (Phi) is 4.35. The molecule has 0 saturated carbocycles. The van der Waals surface area contributed by atoms with Crippen molar-refractivity contribution in [1.29, 1.82) is 0 Å². The summed E-state index contributed by atoms with van der Waals surface area (Å²) in [6, 6.07) is 0. The van der Waals surface area contributed by atoms with Gasteiger partial charge in [0.2, 0.25) is 0 Å². The Labute approximate surface area is 99.6 Å². The SMILES string of the molecule is CN(C)CCN1CC(C)(O)CNCC1(C)C. The third kappa shape index (κ3) is 4.01. The fourth-order valence-corrected chi connectivity index (χ4v) is 2.13. The van der Waals surface area contributed by atoms with E-state index >= 15 is 0 Å². The molecule has 2 N–H and O–H groups in total. The molecule has 16 heavy (non-hydrogen) atoms. The van der Waals surface area contributed by atoms with E-state index in [4.69, 9.17) is 0 Å². The first-order valence-corrected chi connectivity index (χ1v) is 6.06. The Morgan fingerprint density at radius 1 is 1.25 bits per heavy atom. The van der Waals surface area contributed by atoms with Crippen LogP contribution in [0.5, 0.6) is 0 Å². The van der Waals surface area contributed by atoms with Gasteiger partial charge in [-0.25, -0.2) is 0 Å². The van der Waals surface area contributed by atoms with Gasteiger partial charge in [0.15, 0.2) is 0 Å². The smallest absolute Gasteiger partial charge is 0.0869 e. The average molecular weight is 229 g/mol. The van der Waals surface area contributed by atoms with Gasteiger partial charge in [-0.2, -0.15) is 0 Å².